The summed E-state index contributed by atoms with van der Waals surface area (Å²) in [6.07, 6.45) is 1.34. The van der Waals surface area contributed by atoms with Gasteiger partial charge < -0.3 is 15.4 Å². The number of piperidine rings is 1. The summed E-state index contributed by atoms with van der Waals surface area (Å²) in [5.74, 6) is 2.39. The molecule has 0 bridgehead atoms. The van der Waals surface area contributed by atoms with Gasteiger partial charge in [0.2, 0.25) is 0 Å². The molecule has 2 N–H and O–H groups in total. The molecule has 0 saturated carbocycles. The van der Waals surface area contributed by atoms with Crippen LogP contribution in [0.25, 0.3) is 0 Å². The van der Waals surface area contributed by atoms with Gasteiger partial charge >= 0.3 is 0 Å². The molecule has 2 atom stereocenters. The number of methoxy groups -OCH3 is 1. The van der Waals surface area contributed by atoms with E-state index in [1.165, 1.54) is 19.5 Å². The minimum Gasteiger partial charge on any atom is -0.377 e. The Bertz CT molecular complexity index is 382. The molecule has 1 saturated heterocycles. The van der Waals surface area contributed by atoms with E-state index in [-0.39, 0.29) is 11.1 Å². The minimum atomic E-state index is -0.204. The van der Waals surface area contributed by atoms with E-state index >= 15 is 0 Å². The van der Waals surface area contributed by atoms with E-state index in [1.54, 1.807) is 7.11 Å². The van der Waals surface area contributed by atoms with Gasteiger partial charge in [-0.2, -0.15) is 0 Å². The summed E-state index contributed by atoms with van der Waals surface area (Å²) in [6, 6.07) is 0. The lowest BCUT2D eigenvalue weighted by Crippen LogP contribution is -2.57. The Balaban J connectivity index is 2.53. The van der Waals surface area contributed by atoms with E-state index in [0.29, 0.717) is 0 Å². The third-order valence-corrected chi connectivity index (χ3v) is 4.87. The average molecular weight is 327 g/mol. The molecule has 136 valence electrons. The summed E-state index contributed by atoms with van der Waals surface area (Å²) in [5.41, 5.74) is -0.0950. The fraction of sp³-hybridized carbons (Fsp3) is 0.944. The molecule has 1 heterocycles. The lowest BCUT2D eigenvalue weighted by Gasteiger charge is -2.45. The van der Waals surface area contributed by atoms with Gasteiger partial charge in [-0.3, -0.25) is 9.89 Å². The van der Waals surface area contributed by atoms with Crippen molar-refractivity contribution in [2.45, 2.75) is 59.1 Å². The van der Waals surface area contributed by atoms with Gasteiger partial charge in [-0.15, -0.1) is 0 Å². The molecule has 1 fully saturated rings. The molecular formula is C18H38N4O. The normalized spacial score (nSPS) is 24.6. The molecule has 0 aromatic carbocycles. The Morgan fingerprint density at radius 2 is 1.61 bits per heavy atom. The lowest BCUT2D eigenvalue weighted by molar-refractivity contribution is 0.0266. The summed E-state index contributed by atoms with van der Waals surface area (Å²) >= 11 is 0. The molecule has 1 aliphatic rings. The van der Waals surface area contributed by atoms with Gasteiger partial charge in [-0.25, -0.2) is 0 Å². The SMILES string of the molecule is CN=C(NCC(C)(C)OC)NCC(C)(C)N1CC(C)CC(C)C1. The number of guanidine groups is 1. The van der Waals surface area contributed by atoms with Crippen molar-refractivity contribution in [3.05, 3.63) is 0 Å². The van der Waals surface area contributed by atoms with Crippen molar-refractivity contribution in [3.63, 3.8) is 0 Å². The number of hydrogen-bond donors (Lipinski definition) is 2. The lowest BCUT2D eigenvalue weighted by atomic mass is 9.88. The highest BCUT2D eigenvalue weighted by molar-refractivity contribution is 5.79. The summed E-state index contributed by atoms with van der Waals surface area (Å²) in [4.78, 5) is 6.94. The highest BCUT2D eigenvalue weighted by Crippen LogP contribution is 2.26. The maximum Gasteiger partial charge on any atom is 0.191 e. The van der Waals surface area contributed by atoms with Crippen LogP contribution in [0.15, 0.2) is 4.99 Å². The predicted octanol–water partition coefficient (Wildman–Crippen LogP) is 2.33. The maximum absolute atomic E-state index is 5.44. The molecular weight excluding hydrogens is 288 g/mol. The first-order valence-electron chi connectivity index (χ1n) is 8.84. The number of rotatable bonds is 6. The van der Waals surface area contributed by atoms with Gasteiger partial charge in [0.1, 0.15) is 0 Å². The molecule has 2 unspecified atom stereocenters. The van der Waals surface area contributed by atoms with E-state index in [4.69, 9.17) is 4.74 Å². The predicted molar refractivity (Wildman–Crippen MR) is 99.0 cm³/mol. The van der Waals surface area contributed by atoms with E-state index < -0.39 is 0 Å². The highest BCUT2D eigenvalue weighted by atomic mass is 16.5. The molecule has 0 radical (unpaired) electrons. The third-order valence-electron chi connectivity index (χ3n) is 4.87. The standard InChI is InChI=1S/C18H38N4O/c1-14-9-15(2)11-22(10-14)17(3,4)12-20-16(19-7)21-13-18(5,6)23-8/h14-15H,9-13H2,1-8H3,(H2,19,20,21). The fourth-order valence-corrected chi connectivity index (χ4v) is 3.16. The first kappa shape index (κ1) is 20.2. The maximum atomic E-state index is 5.44. The van der Waals surface area contributed by atoms with E-state index in [1.807, 2.05) is 7.05 Å². The van der Waals surface area contributed by atoms with Crippen molar-refractivity contribution >= 4 is 5.96 Å². The van der Waals surface area contributed by atoms with Gasteiger partial charge in [-0.05, 0) is 46.0 Å². The number of likely N-dealkylation sites (tertiary alicyclic amines) is 1. The van der Waals surface area contributed by atoms with E-state index in [0.717, 1.165) is 30.9 Å². The third kappa shape index (κ3) is 6.68. The Hall–Kier alpha value is -0.810. The Kier molecular flexibility index (Phi) is 7.33. The van der Waals surface area contributed by atoms with Crippen molar-refractivity contribution < 1.29 is 4.74 Å². The first-order chi connectivity index (χ1) is 10.6. The second kappa shape index (κ2) is 8.34. The van der Waals surface area contributed by atoms with Gasteiger partial charge in [0.25, 0.3) is 0 Å². The fourth-order valence-electron chi connectivity index (χ4n) is 3.16. The van der Waals surface area contributed by atoms with Crippen LogP contribution in [-0.4, -0.2) is 62.3 Å². The molecule has 23 heavy (non-hydrogen) atoms. The zero-order valence-corrected chi connectivity index (χ0v) is 16.5. The monoisotopic (exact) mass is 326 g/mol. The molecule has 0 aromatic rings. The Morgan fingerprint density at radius 3 is 2.09 bits per heavy atom. The van der Waals surface area contributed by atoms with Gasteiger partial charge in [0, 0.05) is 45.9 Å². The smallest absolute Gasteiger partial charge is 0.191 e. The average Bonchev–Trinajstić information content (AvgIpc) is 2.46. The highest BCUT2D eigenvalue weighted by Gasteiger charge is 2.32. The number of ether oxygens (including phenoxy) is 1. The van der Waals surface area contributed by atoms with Crippen LogP contribution in [0.2, 0.25) is 0 Å². The number of aliphatic imine (C=N–C) groups is 1. The van der Waals surface area contributed by atoms with Crippen LogP contribution in [0, 0.1) is 11.8 Å². The van der Waals surface area contributed by atoms with Crippen LogP contribution in [-0.2, 0) is 4.74 Å². The molecule has 5 nitrogen and oxygen atoms in total. The zero-order valence-electron chi connectivity index (χ0n) is 16.5. The summed E-state index contributed by atoms with van der Waals surface area (Å²) < 4.78 is 5.44. The van der Waals surface area contributed by atoms with Gasteiger partial charge in [0.15, 0.2) is 5.96 Å². The van der Waals surface area contributed by atoms with E-state index in [9.17, 15) is 0 Å². The molecule has 0 amide bonds. The second-order valence-electron chi connectivity index (χ2n) is 8.41. The zero-order chi connectivity index (χ0) is 17.7. The second-order valence-corrected chi connectivity index (χ2v) is 8.41. The number of nitrogens with one attached hydrogen (secondary N) is 2. The quantitative estimate of drug-likeness (QED) is 0.581. The van der Waals surface area contributed by atoms with Crippen molar-refractivity contribution in [1.82, 2.24) is 15.5 Å². The number of nitrogens with zero attached hydrogens (tertiary/aromatic N) is 2. The summed E-state index contributed by atoms with van der Waals surface area (Å²) in [5, 5.41) is 6.82. The van der Waals surface area contributed by atoms with Crippen molar-refractivity contribution in [1.29, 1.82) is 0 Å². The molecule has 1 rings (SSSR count). The van der Waals surface area contributed by atoms with E-state index in [2.05, 4.69) is 62.1 Å². The van der Waals surface area contributed by atoms with Crippen LogP contribution in [0.4, 0.5) is 0 Å². The van der Waals surface area contributed by atoms with Crippen LogP contribution < -0.4 is 10.6 Å². The minimum absolute atomic E-state index is 0.108. The molecule has 0 aliphatic carbocycles. The van der Waals surface area contributed by atoms with Gasteiger partial charge in [0.05, 0.1) is 5.60 Å². The molecule has 1 aliphatic heterocycles. The first-order valence-corrected chi connectivity index (χ1v) is 8.84. The van der Waals surface area contributed by atoms with Crippen molar-refractivity contribution in [3.8, 4) is 0 Å². The molecule has 0 spiro atoms. The largest absolute Gasteiger partial charge is 0.377 e. The molecule has 5 heteroatoms. The number of hydrogen-bond acceptors (Lipinski definition) is 3. The Labute approximate surface area is 143 Å². The van der Waals surface area contributed by atoms with Crippen LogP contribution in [0.1, 0.15) is 48.0 Å². The van der Waals surface area contributed by atoms with Crippen LogP contribution >= 0.6 is 0 Å². The Morgan fingerprint density at radius 1 is 1.09 bits per heavy atom. The van der Waals surface area contributed by atoms with Crippen LogP contribution in [0.5, 0.6) is 0 Å². The topological polar surface area (TPSA) is 48.9 Å². The summed E-state index contributed by atoms with van der Waals surface area (Å²) in [7, 11) is 3.55. The molecule has 0 aromatic heterocycles. The van der Waals surface area contributed by atoms with Crippen LogP contribution in [0.3, 0.4) is 0 Å². The van der Waals surface area contributed by atoms with Crippen molar-refractivity contribution in [2.24, 2.45) is 16.8 Å². The summed E-state index contributed by atoms with van der Waals surface area (Å²) in [6.45, 7) is 17.4. The van der Waals surface area contributed by atoms with Crippen molar-refractivity contribution in [2.75, 3.05) is 40.3 Å². The van der Waals surface area contributed by atoms with Gasteiger partial charge in [-0.1, -0.05) is 13.8 Å².